The molecule has 1 aliphatic rings. The van der Waals surface area contributed by atoms with E-state index in [0.29, 0.717) is 0 Å². The zero-order valence-corrected chi connectivity index (χ0v) is 14.6. The van der Waals surface area contributed by atoms with E-state index in [0.717, 1.165) is 53.4 Å². The molecule has 25 heavy (non-hydrogen) atoms. The summed E-state index contributed by atoms with van der Waals surface area (Å²) in [7, 11) is 0. The summed E-state index contributed by atoms with van der Waals surface area (Å²) >= 11 is 0. The number of benzene rings is 1. The Balaban J connectivity index is 1.67. The van der Waals surface area contributed by atoms with Crippen LogP contribution in [0.5, 0.6) is 0 Å². The molecule has 4 rings (SSSR count). The highest BCUT2D eigenvalue weighted by atomic mass is 16.1. The molecular weight excluding hydrogens is 312 g/mol. The summed E-state index contributed by atoms with van der Waals surface area (Å²) in [5.74, 6) is 0.00254. The second-order valence-electron chi connectivity index (χ2n) is 6.72. The lowest BCUT2D eigenvalue weighted by Crippen LogP contribution is -2.39. The third-order valence-electron chi connectivity index (χ3n) is 5.15. The molecule has 1 aliphatic carbocycles. The second kappa shape index (κ2) is 6.31. The molecule has 0 spiro atoms. The number of carbonyl (C=O) groups is 1. The fraction of sp³-hybridized carbons (Fsp3) is 0.350. The Morgan fingerprint density at radius 3 is 3.04 bits per heavy atom. The lowest BCUT2D eigenvalue weighted by atomic mass is 9.92. The summed E-state index contributed by atoms with van der Waals surface area (Å²) in [4.78, 5) is 17.8. The van der Waals surface area contributed by atoms with E-state index in [4.69, 9.17) is 4.98 Å². The number of aryl methyl sites for hydroxylation is 2. The van der Waals surface area contributed by atoms with Gasteiger partial charge in [-0.1, -0.05) is 25.1 Å². The summed E-state index contributed by atoms with van der Waals surface area (Å²) in [5, 5.41) is 11.3. The van der Waals surface area contributed by atoms with Crippen LogP contribution in [0.25, 0.3) is 10.9 Å². The molecule has 0 unspecified atom stereocenters. The van der Waals surface area contributed by atoms with Crippen LogP contribution in [0.2, 0.25) is 0 Å². The standard InChI is InChI=1S/C20H22N4O/c1-3-16-12(2)19(15-6-4-5-7-18(15)23-16)20(25)22-14-8-9-17-13(10-14)11-21-24-17/h4-7,11,14H,3,8-10H2,1-2H3,(H,21,24)(H,22,25)/t14-/m1/s1. The van der Waals surface area contributed by atoms with Gasteiger partial charge in [0.25, 0.3) is 5.91 Å². The maximum atomic E-state index is 13.1. The molecule has 0 bridgehead atoms. The topological polar surface area (TPSA) is 70.7 Å². The summed E-state index contributed by atoms with van der Waals surface area (Å²) < 4.78 is 0. The molecule has 3 aromatic rings. The highest BCUT2D eigenvalue weighted by molar-refractivity contribution is 6.07. The highest BCUT2D eigenvalue weighted by Gasteiger charge is 2.24. The largest absolute Gasteiger partial charge is 0.349 e. The molecule has 1 amide bonds. The average Bonchev–Trinajstić information content (AvgIpc) is 3.08. The average molecular weight is 334 g/mol. The quantitative estimate of drug-likeness (QED) is 0.773. The van der Waals surface area contributed by atoms with E-state index in [1.807, 2.05) is 37.4 Å². The third-order valence-corrected chi connectivity index (χ3v) is 5.15. The molecular formula is C20H22N4O. The number of aromatic nitrogens is 3. The van der Waals surface area contributed by atoms with Gasteiger partial charge >= 0.3 is 0 Å². The number of nitrogens with one attached hydrogen (secondary N) is 2. The SMILES string of the molecule is CCc1nc2ccccc2c(C(=O)N[C@@H]2CCc3[nH]ncc3C2)c1C. The van der Waals surface area contributed by atoms with Gasteiger partial charge in [-0.2, -0.15) is 5.10 Å². The number of nitrogens with zero attached hydrogens (tertiary/aromatic N) is 2. The molecule has 0 saturated carbocycles. The van der Waals surface area contributed by atoms with Crippen molar-refractivity contribution in [2.75, 3.05) is 0 Å². The van der Waals surface area contributed by atoms with E-state index >= 15 is 0 Å². The number of fused-ring (bicyclic) bond motifs is 2. The van der Waals surface area contributed by atoms with Gasteiger partial charge in [0.05, 0.1) is 17.3 Å². The molecule has 2 heterocycles. The van der Waals surface area contributed by atoms with Crippen LogP contribution in [-0.4, -0.2) is 27.1 Å². The van der Waals surface area contributed by atoms with Crippen LogP contribution in [0.15, 0.2) is 30.5 Å². The number of H-pyrrole nitrogens is 1. The minimum Gasteiger partial charge on any atom is -0.349 e. The number of hydrogen-bond donors (Lipinski definition) is 2. The maximum absolute atomic E-state index is 13.1. The Labute approximate surface area is 146 Å². The first-order chi connectivity index (χ1) is 12.2. The van der Waals surface area contributed by atoms with E-state index in [1.54, 1.807) is 0 Å². The van der Waals surface area contributed by atoms with Crippen LogP contribution in [0, 0.1) is 6.92 Å². The fourth-order valence-electron chi connectivity index (χ4n) is 3.79. The number of carbonyl (C=O) groups excluding carboxylic acids is 1. The van der Waals surface area contributed by atoms with E-state index in [1.165, 1.54) is 11.3 Å². The second-order valence-corrected chi connectivity index (χ2v) is 6.72. The number of para-hydroxylation sites is 1. The number of rotatable bonds is 3. The molecule has 5 nitrogen and oxygen atoms in total. The van der Waals surface area contributed by atoms with Gasteiger partial charge in [0.1, 0.15) is 0 Å². The Morgan fingerprint density at radius 1 is 1.36 bits per heavy atom. The monoisotopic (exact) mass is 334 g/mol. The van der Waals surface area contributed by atoms with E-state index in [9.17, 15) is 4.79 Å². The summed E-state index contributed by atoms with van der Waals surface area (Å²) in [6.07, 6.45) is 5.38. The number of hydrogen-bond acceptors (Lipinski definition) is 3. The first-order valence-corrected chi connectivity index (χ1v) is 8.87. The molecule has 0 aliphatic heterocycles. The molecule has 5 heteroatoms. The van der Waals surface area contributed by atoms with Crippen molar-refractivity contribution < 1.29 is 4.79 Å². The van der Waals surface area contributed by atoms with Crippen molar-refractivity contribution in [2.24, 2.45) is 0 Å². The Kier molecular flexibility index (Phi) is 3.99. The lowest BCUT2D eigenvalue weighted by Gasteiger charge is -2.24. The molecule has 2 N–H and O–H groups in total. The zero-order valence-electron chi connectivity index (χ0n) is 14.6. The van der Waals surface area contributed by atoms with Gasteiger partial charge in [0.2, 0.25) is 0 Å². The minimum absolute atomic E-state index is 0.00254. The first kappa shape index (κ1) is 15.8. The molecule has 0 saturated heterocycles. The fourth-order valence-corrected chi connectivity index (χ4v) is 3.79. The van der Waals surface area contributed by atoms with Gasteiger partial charge in [-0.25, -0.2) is 0 Å². The van der Waals surface area contributed by atoms with Crippen LogP contribution in [0.3, 0.4) is 0 Å². The maximum Gasteiger partial charge on any atom is 0.252 e. The third kappa shape index (κ3) is 2.80. The zero-order chi connectivity index (χ0) is 17.4. The lowest BCUT2D eigenvalue weighted by molar-refractivity contribution is 0.0934. The number of pyridine rings is 1. The van der Waals surface area contributed by atoms with Gasteiger partial charge in [0.15, 0.2) is 0 Å². The highest BCUT2D eigenvalue weighted by Crippen LogP contribution is 2.25. The van der Waals surface area contributed by atoms with Gasteiger partial charge in [-0.15, -0.1) is 0 Å². The van der Waals surface area contributed by atoms with Gasteiger partial charge in [-0.3, -0.25) is 14.9 Å². The van der Waals surface area contributed by atoms with Crippen molar-refractivity contribution in [3.63, 3.8) is 0 Å². The molecule has 0 radical (unpaired) electrons. The van der Waals surface area contributed by atoms with Crippen LogP contribution < -0.4 is 5.32 Å². The predicted molar refractivity (Wildman–Crippen MR) is 97.7 cm³/mol. The van der Waals surface area contributed by atoms with Gasteiger partial charge in [0, 0.05) is 22.8 Å². The Hall–Kier alpha value is -2.69. The summed E-state index contributed by atoms with van der Waals surface area (Å²) in [6, 6.07) is 8.04. The van der Waals surface area contributed by atoms with E-state index < -0.39 is 0 Å². The number of amides is 1. The van der Waals surface area contributed by atoms with Crippen molar-refractivity contribution in [3.05, 3.63) is 58.5 Å². The molecule has 0 fully saturated rings. The summed E-state index contributed by atoms with van der Waals surface area (Å²) in [6.45, 7) is 4.08. The molecule has 1 aromatic carbocycles. The molecule has 2 aromatic heterocycles. The van der Waals surface area contributed by atoms with Gasteiger partial charge in [-0.05, 0) is 49.8 Å². The van der Waals surface area contributed by atoms with Crippen LogP contribution >= 0.6 is 0 Å². The Morgan fingerprint density at radius 2 is 2.20 bits per heavy atom. The van der Waals surface area contributed by atoms with Crippen LogP contribution in [0.4, 0.5) is 0 Å². The van der Waals surface area contributed by atoms with Crippen molar-refractivity contribution in [2.45, 2.75) is 45.6 Å². The number of aromatic amines is 1. The van der Waals surface area contributed by atoms with Gasteiger partial charge < -0.3 is 5.32 Å². The van der Waals surface area contributed by atoms with Crippen molar-refractivity contribution in [1.82, 2.24) is 20.5 Å². The summed E-state index contributed by atoms with van der Waals surface area (Å²) in [5.41, 5.74) is 6.03. The Bertz CT molecular complexity index is 944. The van der Waals surface area contributed by atoms with Crippen LogP contribution in [-0.2, 0) is 19.3 Å². The molecule has 1 atom stereocenters. The predicted octanol–water partition coefficient (Wildman–Crippen LogP) is 3.12. The van der Waals surface area contributed by atoms with Crippen LogP contribution in [0.1, 0.15) is 46.2 Å². The first-order valence-electron chi connectivity index (χ1n) is 8.87. The molecule has 128 valence electrons. The van der Waals surface area contributed by atoms with E-state index in [-0.39, 0.29) is 11.9 Å². The smallest absolute Gasteiger partial charge is 0.252 e. The van der Waals surface area contributed by atoms with Crippen molar-refractivity contribution in [1.29, 1.82) is 0 Å². The van der Waals surface area contributed by atoms with Crippen molar-refractivity contribution in [3.8, 4) is 0 Å². The van der Waals surface area contributed by atoms with E-state index in [2.05, 4.69) is 22.4 Å². The van der Waals surface area contributed by atoms with Crippen molar-refractivity contribution >= 4 is 16.8 Å². The minimum atomic E-state index is 0.00254. The normalized spacial score (nSPS) is 16.6.